The minimum atomic E-state index is -0.528. The van der Waals surface area contributed by atoms with Gasteiger partial charge in [-0.05, 0) is 25.0 Å². The van der Waals surface area contributed by atoms with Crippen LogP contribution in [0.3, 0.4) is 0 Å². The van der Waals surface area contributed by atoms with E-state index >= 15 is 0 Å². The maximum Gasteiger partial charge on any atom is 0.290 e. The molecule has 0 bridgehead atoms. The number of aliphatic hydroxyl groups excluding tert-OH is 1. The number of nitrogens with one attached hydrogen (secondary N) is 1. The van der Waals surface area contributed by atoms with Gasteiger partial charge in [-0.2, -0.15) is 0 Å². The highest BCUT2D eigenvalue weighted by Gasteiger charge is 2.35. The molecule has 0 spiro atoms. The van der Waals surface area contributed by atoms with Gasteiger partial charge in [0.05, 0.1) is 12.1 Å². The number of hydrogen-bond acceptors (Lipinski definition) is 4. The maximum atomic E-state index is 12.3. The van der Waals surface area contributed by atoms with Crippen LogP contribution < -0.4 is 5.32 Å². The number of carbonyl (C=O) groups excluding carboxylic acids is 1. The first-order chi connectivity index (χ1) is 10.6. The molecule has 1 fully saturated rings. The molecule has 1 aliphatic carbocycles. The molecule has 0 saturated heterocycles. The van der Waals surface area contributed by atoms with Crippen LogP contribution in [-0.4, -0.2) is 28.3 Å². The smallest absolute Gasteiger partial charge is 0.290 e. The van der Waals surface area contributed by atoms with Gasteiger partial charge in [0.1, 0.15) is 5.69 Å². The normalized spacial score (nSPS) is 16.6. The van der Waals surface area contributed by atoms with Gasteiger partial charge < -0.3 is 14.9 Å². The Hall–Kier alpha value is -1.85. The van der Waals surface area contributed by atoms with Gasteiger partial charge in [0.15, 0.2) is 0 Å². The third-order valence-electron chi connectivity index (χ3n) is 4.10. The van der Waals surface area contributed by atoms with Gasteiger partial charge >= 0.3 is 0 Å². The van der Waals surface area contributed by atoms with Crippen molar-refractivity contribution in [2.24, 2.45) is 0 Å². The van der Waals surface area contributed by atoms with Gasteiger partial charge in [0, 0.05) is 16.7 Å². The van der Waals surface area contributed by atoms with E-state index in [2.05, 4.69) is 10.5 Å². The van der Waals surface area contributed by atoms with Crippen LogP contribution >= 0.6 is 11.6 Å². The Morgan fingerprint density at radius 2 is 2.14 bits per heavy atom. The Morgan fingerprint density at radius 1 is 1.36 bits per heavy atom. The van der Waals surface area contributed by atoms with Gasteiger partial charge in [-0.25, -0.2) is 0 Å². The Bertz CT molecular complexity index is 678. The highest BCUT2D eigenvalue weighted by molar-refractivity contribution is 6.30. The predicted molar refractivity (Wildman–Crippen MR) is 82.7 cm³/mol. The summed E-state index contributed by atoms with van der Waals surface area (Å²) in [5.41, 5.74) is 0.810. The summed E-state index contributed by atoms with van der Waals surface area (Å²) >= 11 is 5.95. The van der Waals surface area contributed by atoms with E-state index in [0.29, 0.717) is 10.7 Å². The lowest BCUT2D eigenvalue weighted by Gasteiger charge is -2.27. The molecule has 3 rings (SSSR count). The van der Waals surface area contributed by atoms with Gasteiger partial charge in [-0.3, -0.25) is 4.79 Å². The van der Waals surface area contributed by atoms with Crippen LogP contribution in [0.2, 0.25) is 5.02 Å². The summed E-state index contributed by atoms with van der Waals surface area (Å²) in [6.07, 6.45) is 3.57. The number of halogens is 1. The molecule has 0 radical (unpaired) electrons. The lowest BCUT2D eigenvalue weighted by Crippen LogP contribution is -2.49. The summed E-state index contributed by atoms with van der Waals surface area (Å²) in [6.45, 7) is -0.0615. The average Bonchev–Trinajstić information content (AvgIpc) is 3.17. The average molecular weight is 321 g/mol. The zero-order valence-electron chi connectivity index (χ0n) is 12.0. The highest BCUT2D eigenvalue weighted by Crippen LogP contribution is 2.30. The number of amides is 1. The van der Waals surface area contributed by atoms with Crippen LogP contribution in [0.4, 0.5) is 0 Å². The van der Waals surface area contributed by atoms with Crippen LogP contribution in [0.25, 0.3) is 11.3 Å². The molecule has 116 valence electrons. The number of hydrogen-bond donors (Lipinski definition) is 2. The lowest BCUT2D eigenvalue weighted by atomic mass is 9.99. The van der Waals surface area contributed by atoms with Crippen LogP contribution in [0.15, 0.2) is 34.9 Å². The molecule has 0 atom stereocenters. The van der Waals surface area contributed by atoms with E-state index < -0.39 is 5.54 Å². The number of benzene rings is 1. The minimum absolute atomic E-state index is 0.0615. The van der Waals surface area contributed by atoms with Crippen molar-refractivity contribution in [1.82, 2.24) is 10.5 Å². The monoisotopic (exact) mass is 320 g/mol. The molecule has 1 amide bonds. The van der Waals surface area contributed by atoms with Crippen molar-refractivity contribution in [3.8, 4) is 11.3 Å². The first-order valence-corrected chi connectivity index (χ1v) is 7.66. The van der Waals surface area contributed by atoms with E-state index in [1.54, 1.807) is 18.2 Å². The SMILES string of the molecule is O=C(NC1(CO)CCCC1)c1cc(-c2cccc(Cl)c2)no1. The van der Waals surface area contributed by atoms with Gasteiger partial charge in [0.25, 0.3) is 5.91 Å². The second kappa shape index (κ2) is 6.10. The zero-order chi connectivity index (χ0) is 15.6. The third kappa shape index (κ3) is 3.00. The fourth-order valence-electron chi connectivity index (χ4n) is 2.84. The van der Waals surface area contributed by atoms with Crippen molar-refractivity contribution in [3.05, 3.63) is 41.1 Å². The molecular formula is C16H17ClN2O3. The number of aromatic nitrogens is 1. The van der Waals surface area contributed by atoms with E-state index in [-0.39, 0.29) is 18.3 Å². The van der Waals surface area contributed by atoms with E-state index in [0.717, 1.165) is 31.2 Å². The summed E-state index contributed by atoms with van der Waals surface area (Å²) in [5.74, 6) is -0.216. The van der Waals surface area contributed by atoms with E-state index in [4.69, 9.17) is 16.1 Å². The lowest BCUT2D eigenvalue weighted by molar-refractivity contribution is 0.0802. The van der Waals surface area contributed by atoms with Gasteiger partial charge in [-0.15, -0.1) is 0 Å². The Kier molecular flexibility index (Phi) is 4.18. The Labute approximate surface area is 133 Å². The summed E-state index contributed by atoms with van der Waals surface area (Å²) in [6, 6.07) is 8.77. The standard InChI is InChI=1S/C16H17ClN2O3/c17-12-5-3-4-11(8-12)13-9-14(22-19-13)15(21)18-16(10-20)6-1-2-7-16/h3-5,8-9,20H,1-2,6-7,10H2,(H,18,21). The Morgan fingerprint density at radius 3 is 2.82 bits per heavy atom. The molecular weight excluding hydrogens is 304 g/mol. The molecule has 1 aromatic carbocycles. The van der Waals surface area contributed by atoms with E-state index in [9.17, 15) is 9.90 Å². The molecule has 0 unspecified atom stereocenters. The molecule has 2 aromatic rings. The quantitative estimate of drug-likeness (QED) is 0.908. The summed E-state index contributed by atoms with van der Waals surface area (Å²) in [5, 5.41) is 16.9. The first-order valence-electron chi connectivity index (χ1n) is 7.28. The molecule has 1 aliphatic rings. The molecule has 2 N–H and O–H groups in total. The highest BCUT2D eigenvalue weighted by atomic mass is 35.5. The number of carbonyl (C=O) groups is 1. The topological polar surface area (TPSA) is 75.4 Å². The fourth-order valence-corrected chi connectivity index (χ4v) is 3.03. The fraction of sp³-hybridized carbons (Fsp3) is 0.375. The van der Waals surface area contributed by atoms with Crippen molar-refractivity contribution in [2.45, 2.75) is 31.2 Å². The van der Waals surface area contributed by atoms with Crippen LogP contribution in [0.5, 0.6) is 0 Å². The van der Waals surface area contributed by atoms with Gasteiger partial charge in [0.2, 0.25) is 5.76 Å². The molecule has 1 saturated carbocycles. The van der Waals surface area contributed by atoms with E-state index in [1.165, 1.54) is 0 Å². The zero-order valence-corrected chi connectivity index (χ0v) is 12.8. The second-order valence-electron chi connectivity index (χ2n) is 5.69. The molecule has 1 aromatic heterocycles. The summed E-state index contributed by atoms with van der Waals surface area (Å²) in [4.78, 5) is 12.3. The predicted octanol–water partition coefficient (Wildman–Crippen LogP) is 3.03. The number of aliphatic hydroxyl groups is 1. The van der Waals surface area contributed by atoms with Crippen molar-refractivity contribution in [1.29, 1.82) is 0 Å². The molecule has 5 nitrogen and oxygen atoms in total. The third-order valence-corrected chi connectivity index (χ3v) is 4.33. The van der Waals surface area contributed by atoms with Crippen LogP contribution in [-0.2, 0) is 0 Å². The number of rotatable bonds is 4. The maximum absolute atomic E-state index is 12.3. The largest absolute Gasteiger partial charge is 0.394 e. The molecule has 0 aliphatic heterocycles. The number of nitrogens with zero attached hydrogens (tertiary/aromatic N) is 1. The van der Waals surface area contributed by atoms with Crippen LogP contribution in [0.1, 0.15) is 36.2 Å². The summed E-state index contributed by atoms with van der Waals surface area (Å²) < 4.78 is 5.13. The summed E-state index contributed by atoms with van der Waals surface area (Å²) in [7, 11) is 0. The molecule has 22 heavy (non-hydrogen) atoms. The first kappa shape index (κ1) is 15.1. The van der Waals surface area contributed by atoms with Crippen molar-refractivity contribution < 1.29 is 14.4 Å². The second-order valence-corrected chi connectivity index (χ2v) is 6.12. The minimum Gasteiger partial charge on any atom is -0.394 e. The van der Waals surface area contributed by atoms with Crippen molar-refractivity contribution in [2.75, 3.05) is 6.61 Å². The van der Waals surface area contributed by atoms with Crippen molar-refractivity contribution in [3.63, 3.8) is 0 Å². The van der Waals surface area contributed by atoms with Crippen LogP contribution in [0, 0.1) is 0 Å². The van der Waals surface area contributed by atoms with Gasteiger partial charge in [-0.1, -0.05) is 41.7 Å². The molecule has 1 heterocycles. The van der Waals surface area contributed by atoms with Crippen molar-refractivity contribution >= 4 is 17.5 Å². The van der Waals surface area contributed by atoms with E-state index in [1.807, 2.05) is 12.1 Å². The molecule has 6 heteroatoms. The Balaban J connectivity index is 1.77.